The molecule has 0 bridgehead atoms. The molecule has 0 aliphatic heterocycles. The van der Waals surface area contributed by atoms with E-state index in [9.17, 15) is 13.2 Å². The van der Waals surface area contributed by atoms with Crippen LogP contribution in [0.2, 0.25) is 0 Å². The predicted octanol–water partition coefficient (Wildman–Crippen LogP) is 0.118. The van der Waals surface area contributed by atoms with Crippen molar-refractivity contribution in [1.29, 1.82) is 0 Å². The lowest BCUT2D eigenvalue weighted by Gasteiger charge is -2.06. The number of Topliss-reactive ketones (excluding diaryl/α,β-unsaturated/α-hetero) is 1. The summed E-state index contributed by atoms with van der Waals surface area (Å²) in [6.07, 6.45) is 2.24. The first-order valence-electron chi connectivity index (χ1n) is 4.30. The van der Waals surface area contributed by atoms with E-state index >= 15 is 0 Å². The summed E-state index contributed by atoms with van der Waals surface area (Å²) in [5.41, 5.74) is 5.54. The largest absolute Gasteiger partial charge is 0.327 e. The van der Waals surface area contributed by atoms with Crippen molar-refractivity contribution in [3.05, 3.63) is 0 Å². The minimum Gasteiger partial charge on any atom is -0.327 e. The smallest absolute Gasteiger partial charge is 0.147 e. The van der Waals surface area contributed by atoms with Crippen molar-refractivity contribution < 1.29 is 13.2 Å². The molecule has 4 nitrogen and oxygen atoms in total. The molecule has 0 heterocycles. The maximum atomic E-state index is 11.1. The van der Waals surface area contributed by atoms with E-state index in [1.807, 2.05) is 6.92 Å². The molecule has 1 unspecified atom stereocenters. The van der Waals surface area contributed by atoms with Crippen LogP contribution >= 0.6 is 0 Å². The van der Waals surface area contributed by atoms with Gasteiger partial charge in [-0.3, -0.25) is 4.79 Å². The third-order valence-corrected chi connectivity index (χ3v) is 2.71. The van der Waals surface area contributed by atoms with Crippen molar-refractivity contribution in [3.63, 3.8) is 0 Å². The lowest BCUT2D eigenvalue weighted by Crippen LogP contribution is -2.23. The van der Waals surface area contributed by atoms with Crippen LogP contribution in [-0.4, -0.2) is 32.3 Å². The predicted molar refractivity (Wildman–Crippen MR) is 52.2 cm³/mol. The molecule has 0 rings (SSSR count). The second-order valence-electron chi connectivity index (χ2n) is 3.29. The van der Waals surface area contributed by atoms with E-state index in [2.05, 4.69) is 0 Å². The topological polar surface area (TPSA) is 77.2 Å². The number of ketones is 1. The molecule has 0 spiro atoms. The second kappa shape index (κ2) is 5.34. The van der Waals surface area contributed by atoms with Crippen molar-refractivity contribution >= 4 is 15.6 Å². The number of carbonyl (C=O) groups excluding carboxylic acids is 1. The summed E-state index contributed by atoms with van der Waals surface area (Å²) in [6, 6.07) is -0.132. The van der Waals surface area contributed by atoms with Crippen LogP contribution in [0.1, 0.15) is 26.2 Å². The fourth-order valence-electron chi connectivity index (χ4n) is 0.838. The Morgan fingerprint density at radius 2 is 2.00 bits per heavy atom. The van der Waals surface area contributed by atoms with Crippen LogP contribution < -0.4 is 5.73 Å². The average Bonchev–Trinajstić information content (AvgIpc) is 1.99. The van der Waals surface area contributed by atoms with Crippen LogP contribution in [0.3, 0.4) is 0 Å². The molecule has 0 fully saturated rings. The molecule has 0 aromatic heterocycles. The molecular formula is C8H17NO3S. The number of hydrogen-bond acceptors (Lipinski definition) is 4. The Hall–Kier alpha value is -0.420. The van der Waals surface area contributed by atoms with E-state index in [4.69, 9.17) is 5.73 Å². The summed E-state index contributed by atoms with van der Waals surface area (Å²) in [4.78, 5) is 11.1. The van der Waals surface area contributed by atoms with Gasteiger partial charge in [0.15, 0.2) is 0 Å². The molecule has 78 valence electrons. The third kappa shape index (κ3) is 7.93. The van der Waals surface area contributed by atoms with Crippen molar-refractivity contribution in [2.75, 3.05) is 12.0 Å². The number of hydrogen-bond donors (Lipinski definition) is 1. The number of rotatable bonds is 6. The average molecular weight is 207 g/mol. The fraction of sp³-hybridized carbons (Fsp3) is 0.875. The van der Waals surface area contributed by atoms with Gasteiger partial charge in [-0.15, -0.1) is 0 Å². The summed E-state index contributed by atoms with van der Waals surface area (Å²) in [5, 5.41) is 0. The van der Waals surface area contributed by atoms with Crippen LogP contribution in [0.15, 0.2) is 0 Å². The summed E-state index contributed by atoms with van der Waals surface area (Å²) in [7, 11) is -3.02. The van der Waals surface area contributed by atoms with Crippen LogP contribution in [0.5, 0.6) is 0 Å². The molecule has 1 atom stereocenters. The van der Waals surface area contributed by atoms with E-state index in [0.717, 1.165) is 12.7 Å². The highest BCUT2D eigenvalue weighted by Crippen LogP contribution is 1.99. The van der Waals surface area contributed by atoms with Gasteiger partial charge in [-0.05, 0) is 6.42 Å². The lowest BCUT2D eigenvalue weighted by molar-refractivity contribution is -0.119. The first-order valence-corrected chi connectivity index (χ1v) is 6.36. The van der Waals surface area contributed by atoms with Crippen molar-refractivity contribution in [1.82, 2.24) is 0 Å². The van der Waals surface area contributed by atoms with Crippen LogP contribution in [0.4, 0.5) is 0 Å². The zero-order valence-corrected chi connectivity index (χ0v) is 8.93. The standard InChI is InChI=1S/C8H17NO3S/c1-3-7(9)6-8(10)4-5-13(2,11)12/h7H,3-6,9H2,1-2H3. The highest BCUT2D eigenvalue weighted by molar-refractivity contribution is 7.90. The number of sulfone groups is 1. The molecular weight excluding hydrogens is 190 g/mol. The Bertz CT molecular complexity index is 259. The maximum absolute atomic E-state index is 11.1. The monoisotopic (exact) mass is 207 g/mol. The van der Waals surface area contributed by atoms with Crippen molar-refractivity contribution in [2.45, 2.75) is 32.2 Å². The third-order valence-electron chi connectivity index (χ3n) is 1.77. The van der Waals surface area contributed by atoms with Gasteiger partial charge in [0.25, 0.3) is 0 Å². The molecule has 13 heavy (non-hydrogen) atoms. The van der Waals surface area contributed by atoms with Gasteiger partial charge in [-0.25, -0.2) is 8.42 Å². The Kier molecular flexibility index (Phi) is 5.17. The Morgan fingerprint density at radius 3 is 2.38 bits per heavy atom. The van der Waals surface area contributed by atoms with Gasteiger partial charge < -0.3 is 5.73 Å². The zero-order chi connectivity index (χ0) is 10.5. The van der Waals surface area contributed by atoms with Crippen LogP contribution in [0.25, 0.3) is 0 Å². The van der Waals surface area contributed by atoms with Gasteiger partial charge in [-0.1, -0.05) is 6.92 Å². The minimum atomic E-state index is -3.02. The molecule has 0 aliphatic carbocycles. The van der Waals surface area contributed by atoms with E-state index in [1.165, 1.54) is 0 Å². The van der Waals surface area contributed by atoms with Gasteiger partial charge in [0.1, 0.15) is 15.6 Å². The highest BCUT2D eigenvalue weighted by Gasteiger charge is 2.10. The van der Waals surface area contributed by atoms with Gasteiger partial charge >= 0.3 is 0 Å². The van der Waals surface area contributed by atoms with Crippen molar-refractivity contribution in [2.24, 2.45) is 5.73 Å². The minimum absolute atomic E-state index is 0.0672. The van der Waals surface area contributed by atoms with E-state index < -0.39 is 9.84 Å². The van der Waals surface area contributed by atoms with Crippen LogP contribution in [0, 0.1) is 0 Å². The fourth-order valence-corrected chi connectivity index (χ4v) is 1.44. The first-order chi connectivity index (χ1) is 5.85. The summed E-state index contributed by atoms with van der Waals surface area (Å²) >= 11 is 0. The Balaban J connectivity index is 3.77. The zero-order valence-electron chi connectivity index (χ0n) is 8.12. The highest BCUT2D eigenvalue weighted by atomic mass is 32.2. The van der Waals surface area contributed by atoms with Gasteiger partial charge in [0.2, 0.25) is 0 Å². The number of carbonyl (C=O) groups is 1. The first kappa shape index (κ1) is 12.6. The van der Waals surface area contributed by atoms with Crippen LogP contribution in [-0.2, 0) is 14.6 Å². The molecule has 0 aromatic carbocycles. The molecule has 5 heteroatoms. The van der Waals surface area contributed by atoms with E-state index in [-0.39, 0.29) is 30.4 Å². The second-order valence-corrected chi connectivity index (χ2v) is 5.55. The van der Waals surface area contributed by atoms with Gasteiger partial charge in [0.05, 0.1) is 5.75 Å². The molecule has 0 amide bonds. The molecule has 0 saturated heterocycles. The summed E-state index contributed by atoms with van der Waals surface area (Å²) in [6.45, 7) is 1.90. The van der Waals surface area contributed by atoms with Gasteiger partial charge in [-0.2, -0.15) is 0 Å². The van der Waals surface area contributed by atoms with Crippen molar-refractivity contribution in [3.8, 4) is 0 Å². The van der Waals surface area contributed by atoms with Gasteiger partial charge in [0, 0.05) is 25.1 Å². The summed E-state index contributed by atoms with van der Waals surface area (Å²) in [5.74, 6) is -0.137. The summed E-state index contributed by atoms with van der Waals surface area (Å²) < 4.78 is 21.4. The molecule has 2 N–H and O–H groups in total. The lowest BCUT2D eigenvalue weighted by atomic mass is 10.1. The molecule has 0 aromatic rings. The van der Waals surface area contributed by atoms with E-state index in [0.29, 0.717) is 0 Å². The quantitative estimate of drug-likeness (QED) is 0.671. The SMILES string of the molecule is CCC(N)CC(=O)CCS(C)(=O)=O. The normalized spacial score (nSPS) is 14.1. The maximum Gasteiger partial charge on any atom is 0.147 e. The number of nitrogens with two attached hydrogens (primary N) is 1. The van der Waals surface area contributed by atoms with E-state index in [1.54, 1.807) is 0 Å². The molecule has 0 radical (unpaired) electrons. The Morgan fingerprint density at radius 1 is 1.46 bits per heavy atom. The molecule has 0 aliphatic rings. The molecule has 0 saturated carbocycles. The Labute approximate surface area is 79.4 Å².